The fourth-order valence-electron chi connectivity index (χ4n) is 1.37. The second-order valence-corrected chi connectivity index (χ2v) is 4.79. The molecule has 80 valence electrons. The number of quaternary nitrogens is 1. The Morgan fingerprint density at radius 2 is 1.31 bits per heavy atom. The second-order valence-electron chi connectivity index (χ2n) is 3.89. The number of nitrogens with zero attached hydrogens (tertiary/aromatic N) is 1. The van der Waals surface area contributed by atoms with Crippen LogP contribution in [0.5, 0.6) is 0 Å². The van der Waals surface area contributed by atoms with Crippen molar-refractivity contribution in [3.05, 3.63) is 0 Å². The van der Waals surface area contributed by atoms with Gasteiger partial charge >= 0.3 is 10.4 Å². The molecule has 1 fully saturated rings. The summed E-state index contributed by atoms with van der Waals surface area (Å²) in [5.41, 5.74) is 0. The van der Waals surface area contributed by atoms with Gasteiger partial charge in [-0.15, -0.1) is 0 Å². The minimum atomic E-state index is -4.67. The summed E-state index contributed by atoms with van der Waals surface area (Å²) in [6, 6.07) is 0. The molecule has 1 heterocycles. The van der Waals surface area contributed by atoms with Gasteiger partial charge in [0.15, 0.2) is 0 Å². The van der Waals surface area contributed by atoms with Crippen molar-refractivity contribution in [2.45, 2.75) is 19.3 Å². The minimum Gasteiger partial charge on any atom is -0.328 e. The van der Waals surface area contributed by atoms with E-state index in [4.69, 9.17) is 17.5 Å². The maximum absolute atomic E-state index is 8.74. The first-order valence-electron chi connectivity index (χ1n) is 4.23. The number of likely N-dealkylation sites (tertiary alicyclic amines) is 1. The summed E-state index contributed by atoms with van der Waals surface area (Å²) in [6.45, 7) is 2.78. The lowest BCUT2D eigenvalue weighted by atomic mass is 10.1. The Morgan fingerprint density at radius 3 is 1.46 bits per heavy atom. The van der Waals surface area contributed by atoms with Crippen molar-refractivity contribution in [2.24, 2.45) is 0 Å². The van der Waals surface area contributed by atoms with E-state index in [9.17, 15) is 0 Å². The van der Waals surface area contributed by atoms with Crippen LogP contribution in [0.2, 0.25) is 0 Å². The van der Waals surface area contributed by atoms with Crippen LogP contribution >= 0.6 is 0 Å². The smallest absolute Gasteiger partial charge is 0.328 e. The Hall–Kier alpha value is -0.170. The lowest BCUT2D eigenvalue weighted by molar-refractivity contribution is -0.894. The van der Waals surface area contributed by atoms with E-state index in [1.165, 1.54) is 36.8 Å². The van der Waals surface area contributed by atoms with Gasteiger partial charge in [-0.1, -0.05) is 0 Å². The first-order valence-corrected chi connectivity index (χ1v) is 5.62. The van der Waals surface area contributed by atoms with Crippen LogP contribution in [0, 0.1) is 0 Å². The molecule has 0 aromatic rings. The summed E-state index contributed by atoms with van der Waals surface area (Å²) in [5.74, 6) is 0. The second kappa shape index (κ2) is 4.90. The summed E-state index contributed by atoms with van der Waals surface area (Å²) in [6.07, 6.45) is 4.34. The van der Waals surface area contributed by atoms with E-state index in [1.807, 2.05) is 0 Å². The zero-order chi connectivity index (χ0) is 10.5. The molecule has 0 saturated carbocycles. The Bertz CT molecular complexity index is 219. The summed E-state index contributed by atoms with van der Waals surface area (Å²) in [4.78, 5) is 0. The van der Waals surface area contributed by atoms with Gasteiger partial charge in [0.1, 0.15) is 0 Å². The first kappa shape index (κ1) is 12.8. The Balaban J connectivity index is 0.000000252. The van der Waals surface area contributed by atoms with Crippen LogP contribution < -0.4 is 0 Å². The van der Waals surface area contributed by atoms with Crippen LogP contribution in [0.4, 0.5) is 0 Å². The molecule has 0 aromatic carbocycles. The van der Waals surface area contributed by atoms with Gasteiger partial charge in [-0.2, -0.15) is 8.42 Å². The fraction of sp³-hybridized carbons (Fsp3) is 1.00. The largest absolute Gasteiger partial charge is 0.394 e. The number of piperidine rings is 1. The van der Waals surface area contributed by atoms with E-state index in [-0.39, 0.29) is 0 Å². The molecule has 1 rings (SSSR count). The highest BCUT2D eigenvalue weighted by Crippen LogP contribution is 2.12. The predicted octanol–water partition coefficient (Wildman–Crippen LogP) is 0.594. The van der Waals surface area contributed by atoms with Crippen molar-refractivity contribution in [1.29, 1.82) is 0 Å². The van der Waals surface area contributed by atoms with Gasteiger partial charge in [0.25, 0.3) is 0 Å². The SMILES string of the molecule is C[N+]1(C)CCCCC1.O=S(=O)(O)O. The van der Waals surface area contributed by atoms with Gasteiger partial charge in [0, 0.05) is 0 Å². The van der Waals surface area contributed by atoms with Crippen molar-refractivity contribution in [1.82, 2.24) is 0 Å². The summed E-state index contributed by atoms with van der Waals surface area (Å²) in [5, 5.41) is 0. The minimum absolute atomic E-state index is 1.25. The van der Waals surface area contributed by atoms with E-state index in [2.05, 4.69) is 14.1 Å². The monoisotopic (exact) mass is 212 g/mol. The standard InChI is InChI=1S/C7H16N.H2O4S/c1-8(2)6-4-3-5-7-8;1-5(2,3)4/h3-7H2,1-2H3;(H2,1,2,3,4)/q+1;. The van der Waals surface area contributed by atoms with Crippen LogP contribution in [0.1, 0.15) is 19.3 Å². The van der Waals surface area contributed by atoms with Gasteiger partial charge in [-0.05, 0) is 19.3 Å². The average molecular weight is 212 g/mol. The highest BCUT2D eigenvalue weighted by atomic mass is 32.3. The first-order chi connectivity index (χ1) is 5.71. The molecular formula is C7H18NO4S+. The molecule has 1 saturated heterocycles. The third kappa shape index (κ3) is 11.8. The molecule has 0 bridgehead atoms. The van der Waals surface area contributed by atoms with E-state index in [1.54, 1.807) is 0 Å². The van der Waals surface area contributed by atoms with Crippen LogP contribution in [0.3, 0.4) is 0 Å². The molecule has 6 heteroatoms. The van der Waals surface area contributed by atoms with Crippen LogP contribution in [-0.2, 0) is 10.4 Å². The average Bonchev–Trinajstić information content (AvgIpc) is 1.82. The number of hydrogen-bond donors (Lipinski definition) is 2. The van der Waals surface area contributed by atoms with Gasteiger partial charge < -0.3 is 4.48 Å². The molecular weight excluding hydrogens is 194 g/mol. The Morgan fingerprint density at radius 1 is 1.00 bits per heavy atom. The Labute approximate surface area is 79.5 Å². The zero-order valence-electron chi connectivity index (χ0n) is 8.10. The van der Waals surface area contributed by atoms with E-state index >= 15 is 0 Å². The lowest BCUT2D eigenvalue weighted by Gasteiger charge is -2.33. The van der Waals surface area contributed by atoms with E-state index in [0.29, 0.717) is 0 Å². The quantitative estimate of drug-likeness (QED) is 0.455. The van der Waals surface area contributed by atoms with Gasteiger partial charge in [0.2, 0.25) is 0 Å². The molecule has 5 nitrogen and oxygen atoms in total. The van der Waals surface area contributed by atoms with Gasteiger partial charge in [-0.25, -0.2) is 0 Å². The Kier molecular flexibility index (Phi) is 4.83. The molecule has 0 radical (unpaired) electrons. The molecule has 1 aliphatic rings. The summed E-state index contributed by atoms with van der Waals surface area (Å²) >= 11 is 0. The maximum Gasteiger partial charge on any atom is 0.394 e. The lowest BCUT2D eigenvalue weighted by Crippen LogP contribution is -2.43. The third-order valence-electron chi connectivity index (χ3n) is 2.03. The van der Waals surface area contributed by atoms with Crippen LogP contribution in [0.25, 0.3) is 0 Å². The normalized spacial score (nSPS) is 21.5. The molecule has 0 aliphatic carbocycles. The fourth-order valence-corrected chi connectivity index (χ4v) is 1.37. The predicted molar refractivity (Wildman–Crippen MR) is 49.9 cm³/mol. The number of hydrogen-bond acceptors (Lipinski definition) is 2. The molecule has 1 aliphatic heterocycles. The number of rotatable bonds is 0. The molecule has 0 unspecified atom stereocenters. The van der Waals surface area contributed by atoms with Gasteiger partial charge in [-0.3, -0.25) is 9.11 Å². The van der Waals surface area contributed by atoms with Crippen molar-refractivity contribution in [3.63, 3.8) is 0 Å². The van der Waals surface area contributed by atoms with Crippen molar-refractivity contribution in [3.8, 4) is 0 Å². The molecule has 13 heavy (non-hydrogen) atoms. The summed E-state index contributed by atoms with van der Waals surface area (Å²) in [7, 11) is -0.0294. The zero-order valence-corrected chi connectivity index (χ0v) is 8.92. The van der Waals surface area contributed by atoms with Crippen molar-refractivity contribution >= 4 is 10.4 Å². The van der Waals surface area contributed by atoms with Crippen LogP contribution in [-0.4, -0.2) is 49.2 Å². The highest BCUT2D eigenvalue weighted by molar-refractivity contribution is 7.79. The van der Waals surface area contributed by atoms with Gasteiger partial charge in [0.05, 0.1) is 27.2 Å². The van der Waals surface area contributed by atoms with Crippen molar-refractivity contribution < 1.29 is 22.0 Å². The molecule has 2 N–H and O–H groups in total. The maximum atomic E-state index is 8.74. The molecule has 0 spiro atoms. The van der Waals surface area contributed by atoms with Crippen molar-refractivity contribution in [2.75, 3.05) is 27.2 Å². The topological polar surface area (TPSA) is 74.6 Å². The molecule has 0 aromatic heterocycles. The van der Waals surface area contributed by atoms with E-state index < -0.39 is 10.4 Å². The van der Waals surface area contributed by atoms with Crippen LogP contribution in [0.15, 0.2) is 0 Å². The van der Waals surface area contributed by atoms with E-state index in [0.717, 1.165) is 0 Å². The molecule has 0 amide bonds. The molecule has 0 atom stereocenters. The highest BCUT2D eigenvalue weighted by Gasteiger charge is 2.17. The third-order valence-corrected chi connectivity index (χ3v) is 2.03. The summed E-state index contributed by atoms with van der Waals surface area (Å²) < 4.78 is 32.8.